The van der Waals surface area contributed by atoms with Gasteiger partial charge in [0.25, 0.3) is 5.69 Å². The number of aromatic nitrogens is 2. The van der Waals surface area contributed by atoms with E-state index in [0.717, 1.165) is 23.2 Å². The number of nitro benzene ring substituents is 1. The zero-order valence-electron chi connectivity index (χ0n) is 18.3. The van der Waals surface area contributed by atoms with Gasteiger partial charge >= 0.3 is 0 Å². The molecule has 0 aliphatic carbocycles. The number of nitro groups is 1. The Bertz CT molecular complexity index is 1210. The first kappa shape index (κ1) is 21.2. The van der Waals surface area contributed by atoms with Crippen molar-refractivity contribution in [1.29, 1.82) is 0 Å². The Morgan fingerprint density at radius 2 is 1.88 bits per heavy atom. The standard InChI is InChI=1S/C23H24N6O3/c1-14-11-21(26-25-14)24-22-19-12-17(29(31)32)9-10-18(19)20(13-30)28(27-22)16-7-5-15(6-8-16)23(2,3)4/h5-13,20H,1-4H3,(H2,24,25,26,27). The fourth-order valence-electron chi connectivity index (χ4n) is 3.65. The summed E-state index contributed by atoms with van der Waals surface area (Å²) in [5, 5.41) is 20.0. The summed E-state index contributed by atoms with van der Waals surface area (Å²) in [6.07, 6.45) is 0.810. The van der Waals surface area contributed by atoms with Crippen molar-refractivity contribution in [2.75, 3.05) is 5.01 Å². The first-order valence-corrected chi connectivity index (χ1v) is 10.2. The molecule has 1 aliphatic rings. The van der Waals surface area contributed by atoms with Crippen molar-refractivity contribution in [3.63, 3.8) is 0 Å². The van der Waals surface area contributed by atoms with E-state index in [1.54, 1.807) is 17.1 Å². The number of hydrazine groups is 1. The molecule has 32 heavy (non-hydrogen) atoms. The van der Waals surface area contributed by atoms with Crippen molar-refractivity contribution in [2.24, 2.45) is 4.99 Å². The van der Waals surface area contributed by atoms with Crippen molar-refractivity contribution in [2.45, 2.75) is 39.2 Å². The summed E-state index contributed by atoms with van der Waals surface area (Å²) in [6.45, 7) is 8.26. The lowest BCUT2D eigenvalue weighted by atomic mass is 9.87. The SMILES string of the molecule is Cc1cc(N=C2NN(c3ccc(C(C)(C)C)cc3)C(C=O)c3ccc([N+](=O)[O-])cc32)n[nH]1. The molecule has 9 nitrogen and oxygen atoms in total. The third-order valence-corrected chi connectivity index (χ3v) is 5.39. The molecule has 0 radical (unpaired) electrons. The van der Waals surface area contributed by atoms with Gasteiger partial charge in [0.1, 0.15) is 12.3 Å². The van der Waals surface area contributed by atoms with E-state index in [1.807, 2.05) is 31.2 Å². The van der Waals surface area contributed by atoms with Crippen LogP contribution in [-0.2, 0) is 10.2 Å². The second-order valence-electron chi connectivity index (χ2n) is 8.76. The van der Waals surface area contributed by atoms with Crippen molar-refractivity contribution in [3.8, 4) is 0 Å². The van der Waals surface area contributed by atoms with E-state index in [2.05, 4.69) is 41.4 Å². The maximum Gasteiger partial charge on any atom is 0.270 e. The molecule has 2 aromatic carbocycles. The summed E-state index contributed by atoms with van der Waals surface area (Å²) < 4.78 is 0. The van der Waals surface area contributed by atoms with Gasteiger partial charge in [-0.1, -0.05) is 32.9 Å². The zero-order chi connectivity index (χ0) is 23.0. The number of anilines is 1. The molecule has 0 bridgehead atoms. The highest BCUT2D eigenvalue weighted by Crippen LogP contribution is 2.34. The molecule has 1 atom stereocenters. The fourth-order valence-corrected chi connectivity index (χ4v) is 3.65. The summed E-state index contributed by atoms with van der Waals surface area (Å²) >= 11 is 0. The fraction of sp³-hybridized carbons (Fsp3) is 0.261. The number of fused-ring (bicyclic) bond motifs is 1. The number of aliphatic imine (C=N–C) groups is 1. The van der Waals surface area contributed by atoms with Crippen LogP contribution in [0, 0.1) is 17.0 Å². The Labute approximate surface area is 185 Å². The van der Waals surface area contributed by atoms with Gasteiger partial charge < -0.3 is 4.79 Å². The van der Waals surface area contributed by atoms with Crippen LogP contribution >= 0.6 is 0 Å². The molecular weight excluding hydrogens is 408 g/mol. The zero-order valence-corrected chi connectivity index (χ0v) is 18.3. The Balaban J connectivity index is 1.84. The third kappa shape index (κ3) is 3.96. The molecule has 0 fully saturated rings. The minimum Gasteiger partial charge on any atom is -0.301 e. The molecule has 0 saturated carbocycles. The molecule has 164 valence electrons. The van der Waals surface area contributed by atoms with E-state index >= 15 is 0 Å². The largest absolute Gasteiger partial charge is 0.301 e. The van der Waals surface area contributed by atoms with Crippen LogP contribution in [-0.4, -0.2) is 27.2 Å². The highest BCUT2D eigenvalue weighted by Gasteiger charge is 2.32. The Hall–Kier alpha value is -4.01. The van der Waals surface area contributed by atoms with Crippen LogP contribution in [0.5, 0.6) is 0 Å². The lowest BCUT2D eigenvalue weighted by Crippen LogP contribution is -2.50. The third-order valence-electron chi connectivity index (χ3n) is 5.39. The summed E-state index contributed by atoms with van der Waals surface area (Å²) in [7, 11) is 0. The monoisotopic (exact) mass is 432 g/mol. The van der Waals surface area contributed by atoms with Crippen molar-refractivity contribution < 1.29 is 9.72 Å². The maximum absolute atomic E-state index is 12.1. The molecule has 0 spiro atoms. The minimum atomic E-state index is -0.689. The Morgan fingerprint density at radius 1 is 1.16 bits per heavy atom. The summed E-state index contributed by atoms with van der Waals surface area (Å²) in [5.41, 5.74) is 6.97. The van der Waals surface area contributed by atoms with Crippen LogP contribution in [0.4, 0.5) is 17.2 Å². The Morgan fingerprint density at radius 3 is 2.44 bits per heavy atom. The van der Waals surface area contributed by atoms with E-state index in [1.165, 1.54) is 12.1 Å². The number of amidine groups is 1. The molecular formula is C23H24N6O3. The van der Waals surface area contributed by atoms with Gasteiger partial charge in [-0.3, -0.25) is 25.6 Å². The van der Waals surface area contributed by atoms with Crippen LogP contribution in [0.15, 0.2) is 53.5 Å². The van der Waals surface area contributed by atoms with Gasteiger partial charge in [-0.05, 0) is 41.7 Å². The van der Waals surface area contributed by atoms with Gasteiger partial charge in [0.2, 0.25) is 0 Å². The molecule has 1 unspecified atom stereocenters. The topological polar surface area (TPSA) is 117 Å². The highest BCUT2D eigenvalue weighted by molar-refractivity contribution is 6.05. The molecule has 2 N–H and O–H groups in total. The van der Waals surface area contributed by atoms with Gasteiger partial charge in [0, 0.05) is 29.5 Å². The van der Waals surface area contributed by atoms with Crippen molar-refractivity contribution in [1.82, 2.24) is 15.6 Å². The van der Waals surface area contributed by atoms with Gasteiger partial charge in [-0.2, -0.15) is 5.10 Å². The summed E-state index contributed by atoms with van der Waals surface area (Å²) in [5.74, 6) is 0.795. The summed E-state index contributed by atoms with van der Waals surface area (Å²) in [4.78, 5) is 27.6. The number of hydrogen-bond acceptors (Lipinski definition) is 6. The first-order chi connectivity index (χ1) is 15.2. The number of benzene rings is 2. The number of aryl methyl sites for hydroxylation is 1. The van der Waals surface area contributed by atoms with Gasteiger partial charge in [0.15, 0.2) is 11.7 Å². The molecule has 1 aromatic heterocycles. The second kappa shape index (κ2) is 7.92. The number of carbonyl (C=O) groups excluding carboxylic acids is 1. The number of rotatable bonds is 4. The van der Waals surface area contributed by atoms with Crippen molar-refractivity contribution in [3.05, 3.63) is 81.0 Å². The van der Waals surface area contributed by atoms with E-state index in [4.69, 9.17) is 0 Å². The Kier molecular flexibility index (Phi) is 5.25. The van der Waals surface area contributed by atoms with Crippen LogP contribution in [0.3, 0.4) is 0 Å². The summed E-state index contributed by atoms with van der Waals surface area (Å²) in [6, 6.07) is 13.4. The first-order valence-electron chi connectivity index (χ1n) is 10.2. The van der Waals surface area contributed by atoms with Gasteiger partial charge in [-0.25, -0.2) is 4.99 Å². The van der Waals surface area contributed by atoms with Gasteiger partial charge in [-0.15, -0.1) is 0 Å². The predicted molar refractivity (Wildman–Crippen MR) is 122 cm³/mol. The van der Waals surface area contributed by atoms with Crippen LogP contribution in [0.2, 0.25) is 0 Å². The second-order valence-corrected chi connectivity index (χ2v) is 8.76. The number of carbonyl (C=O) groups is 1. The van der Waals surface area contributed by atoms with E-state index < -0.39 is 11.0 Å². The number of H-pyrrole nitrogens is 1. The lowest BCUT2D eigenvalue weighted by Gasteiger charge is -2.37. The van der Waals surface area contributed by atoms with Crippen LogP contribution in [0.25, 0.3) is 0 Å². The molecule has 4 rings (SSSR count). The van der Waals surface area contributed by atoms with Crippen LogP contribution in [0.1, 0.15) is 49.2 Å². The minimum absolute atomic E-state index is 0.00607. The number of aromatic amines is 1. The predicted octanol–water partition coefficient (Wildman–Crippen LogP) is 4.27. The maximum atomic E-state index is 12.1. The highest BCUT2D eigenvalue weighted by atomic mass is 16.6. The van der Waals surface area contributed by atoms with E-state index in [0.29, 0.717) is 22.8 Å². The average Bonchev–Trinajstić information content (AvgIpc) is 3.17. The quantitative estimate of drug-likeness (QED) is 0.361. The van der Waals surface area contributed by atoms with Crippen LogP contribution < -0.4 is 10.4 Å². The van der Waals surface area contributed by atoms with Crippen molar-refractivity contribution >= 4 is 29.3 Å². The normalized spacial score (nSPS) is 17.1. The average molecular weight is 432 g/mol. The number of hydrogen-bond donors (Lipinski definition) is 2. The van der Waals surface area contributed by atoms with E-state index in [-0.39, 0.29) is 11.1 Å². The number of non-ortho nitro benzene ring substituents is 1. The lowest BCUT2D eigenvalue weighted by molar-refractivity contribution is -0.384. The molecule has 3 aromatic rings. The smallest absolute Gasteiger partial charge is 0.270 e. The molecule has 2 heterocycles. The molecule has 0 amide bonds. The molecule has 9 heteroatoms. The van der Waals surface area contributed by atoms with Gasteiger partial charge in [0.05, 0.1) is 10.6 Å². The van der Waals surface area contributed by atoms with E-state index in [9.17, 15) is 14.9 Å². The number of aldehydes is 1. The number of nitrogens with zero attached hydrogens (tertiary/aromatic N) is 4. The molecule has 0 saturated heterocycles. The molecule has 1 aliphatic heterocycles. The number of nitrogens with one attached hydrogen (secondary N) is 2.